The van der Waals surface area contributed by atoms with Crippen molar-refractivity contribution >= 4 is 17.7 Å². The van der Waals surface area contributed by atoms with Crippen molar-refractivity contribution in [3.8, 4) is 0 Å². The Kier molecular flexibility index (Phi) is 5.98. The predicted octanol–water partition coefficient (Wildman–Crippen LogP) is 1.12. The average molecular weight is 312 g/mol. The van der Waals surface area contributed by atoms with Crippen LogP contribution in [0.2, 0.25) is 0 Å². The molecule has 1 aromatic rings. The second-order valence-electron chi connectivity index (χ2n) is 5.76. The Hall–Kier alpha value is -1.15. The molecule has 0 radical (unpaired) electrons. The van der Waals surface area contributed by atoms with Crippen LogP contribution in [0.15, 0.2) is 5.16 Å². The monoisotopic (exact) mass is 312 g/mol. The summed E-state index contributed by atoms with van der Waals surface area (Å²) in [7, 11) is 0. The zero-order chi connectivity index (χ0) is 15.2. The van der Waals surface area contributed by atoms with Crippen molar-refractivity contribution in [1.29, 1.82) is 0 Å². The van der Waals surface area contributed by atoms with Gasteiger partial charge < -0.3 is 11.1 Å². The number of carbonyl (C=O) groups is 1. The summed E-state index contributed by atoms with van der Waals surface area (Å²) in [5.74, 6) is 0.458. The van der Waals surface area contributed by atoms with Gasteiger partial charge in [-0.3, -0.25) is 4.79 Å². The van der Waals surface area contributed by atoms with Gasteiger partial charge in [-0.2, -0.15) is 0 Å². The number of tetrazole rings is 1. The van der Waals surface area contributed by atoms with E-state index in [1.165, 1.54) is 12.8 Å². The molecule has 1 saturated carbocycles. The van der Waals surface area contributed by atoms with E-state index in [9.17, 15) is 4.79 Å². The average Bonchev–Trinajstić information content (AvgIpc) is 3.07. The van der Waals surface area contributed by atoms with Crippen molar-refractivity contribution in [3.63, 3.8) is 0 Å². The van der Waals surface area contributed by atoms with E-state index in [4.69, 9.17) is 5.73 Å². The van der Waals surface area contributed by atoms with Gasteiger partial charge >= 0.3 is 0 Å². The first-order valence-corrected chi connectivity index (χ1v) is 8.52. The second kappa shape index (κ2) is 7.74. The standard InChI is InChI=1S/C13H24N6OS/c1-9(2)15-11(12(14)20)7-8-21-13-16-17-18-19(13)10-5-3-4-6-10/h9-11,15H,3-8H2,1-2H3,(H2,14,20). The predicted molar refractivity (Wildman–Crippen MR) is 81.9 cm³/mol. The van der Waals surface area contributed by atoms with E-state index in [0.29, 0.717) is 12.5 Å². The SMILES string of the molecule is CC(C)NC(CCSc1nnnn1C1CCCC1)C(N)=O. The van der Waals surface area contributed by atoms with Gasteiger partial charge in [-0.15, -0.1) is 5.10 Å². The molecule has 21 heavy (non-hydrogen) atoms. The van der Waals surface area contributed by atoms with Crippen LogP contribution in [0.5, 0.6) is 0 Å². The fourth-order valence-electron chi connectivity index (χ4n) is 2.64. The van der Waals surface area contributed by atoms with Crippen molar-refractivity contribution in [2.75, 3.05) is 5.75 Å². The smallest absolute Gasteiger partial charge is 0.234 e. The summed E-state index contributed by atoms with van der Waals surface area (Å²) in [6, 6.07) is 0.368. The highest BCUT2D eigenvalue weighted by Crippen LogP contribution is 2.31. The Morgan fingerprint density at radius 1 is 1.48 bits per heavy atom. The molecular weight excluding hydrogens is 288 g/mol. The molecule has 0 bridgehead atoms. The lowest BCUT2D eigenvalue weighted by Gasteiger charge is -2.18. The zero-order valence-corrected chi connectivity index (χ0v) is 13.5. The number of carbonyl (C=O) groups excluding carboxylic acids is 1. The number of aromatic nitrogens is 4. The zero-order valence-electron chi connectivity index (χ0n) is 12.7. The molecule has 0 aliphatic heterocycles. The molecule has 1 amide bonds. The third-order valence-corrected chi connectivity index (χ3v) is 4.62. The van der Waals surface area contributed by atoms with Crippen LogP contribution in [0.25, 0.3) is 0 Å². The van der Waals surface area contributed by atoms with Gasteiger partial charge in [-0.1, -0.05) is 38.5 Å². The maximum atomic E-state index is 11.4. The molecule has 8 heteroatoms. The fraction of sp³-hybridized carbons (Fsp3) is 0.846. The summed E-state index contributed by atoms with van der Waals surface area (Å²) in [5.41, 5.74) is 5.42. The number of primary amides is 1. The number of nitrogens with one attached hydrogen (secondary N) is 1. The van der Waals surface area contributed by atoms with Crippen LogP contribution >= 0.6 is 11.8 Å². The number of amides is 1. The summed E-state index contributed by atoms with van der Waals surface area (Å²) in [5, 5.41) is 16.0. The summed E-state index contributed by atoms with van der Waals surface area (Å²) in [6.45, 7) is 4.01. The highest BCUT2D eigenvalue weighted by molar-refractivity contribution is 7.99. The van der Waals surface area contributed by atoms with Gasteiger partial charge in [0.2, 0.25) is 11.1 Å². The minimum atomic E-state index is -0.306. The van der Waals surface area contributed by atoms with Crippen molar-refractivity contribution < 1.29 is 4.79 Å². The maximum Gasteiger partial charge on any atom is 0.234 e. The van der Waals surface area contributed by atoms with Crippen LogP contribution in [0, 0.1) is 0 Å². The first-order chi connectivity index (χ1) is 10.1. The van der Waals surface area contributed by atoms with Gasteiger partial charge in [0, 0.05) is 11.8 Å². The van der Waals surface area contributed by atoms with Crippen molar-refractivity contribution in [2.24, 2.45) is 5.73 Å². The number of rotatable bonds is 8. The summed E-state index contributed by atoms with van der Waals surface area (Å²) < 4.78 is 1.94. The number of thioether (sulfide) groups is 1. The summed E-state index contributed by atoms with van der Waals surface area (Å²) in [4.78, 5) is 11.4. The van der Waals surface area contributed by atoms with E-state index in [2.05, 4.69) is 20.8 Å². The van der Waals surface area contributed by atoms with E-state index in [-0.39, 0.29) is 18.0 Å². The molecule has 118 valence electrons. The second-order valence-corrected chi connectivity index (χ2v) is 6.82. The quantitative estimate of drug-likeness (QED) is 0.698. The van der Waals surface area contributed by atoms with E-state index < -0.39 is 0 Å². The Morgan fingerprint density at radius 3 is 2.81 bits per heavy atom. The molecular formula is C13H24N6OS. The number of hydrogen-bond donors (Lipinski definition) is 2. The molecule has 0 spiro atoms. The van der Waals surface area contributed by atoms with E-state index in [1.54, 1.807) is 11.8 Å². The molecule has 3 N–H and O–H groups in total. The Labute approximate surface area is 129 Å². The molecule has 1 aliphatic rings. The normalized spacial score (nSPS) is 17.5. The molecule has 1 unspecified atom stereocenters. The minimum absolute atomic E-state index is 0.233. The highest BCUT2D eigenvalue weighted by atomic mass is 32.2. The first kappa shape index (κ1) is 16.2. The number of nitrogens with zero attached hydrogens (tertiary/aromatic N) is 4. The molecule has 2 rings (SSSR count). The van der Waals surface area contributed by atoms with Crippen LogP contribution in [-0.2, 0) is 4.79 Å². The number of nitrogens with two attached hydrogens (primary N) is 1. The van der Waals surface area contributed by atoms with Gasteiger partial charge in [0.25, 0.3) is 0 Å². The van der Waals surface area contributed by atoms with Gasteiger partial charge in [-0.25, -0.2) is 4.68 Å². The van der Waals surface area contributed by atoms with Crippen molar-refractivity contribution in [1.82, 2.24) is 25.5 Å². The molecule has 0 saturated heterocycles. The largest absolute Gasteiger partial charge is 0.368 e. The van der Waals surface area contributed by atoms with Crippen molar-refractivity contribution in [2.45, 2.75) is 69.2 Å². The number of hydrogen-bond acceptors (Lipinski definition) is 6. The van der Waals surface area contributed by atoms with Crippen LogP contribution in [0.4, 0.5) is 0 Å². The fourth-order valence-corrected chi connectivity index (χ4v) is 3.58. The lowest BCUT2D eigenvalue weighted by atomic mass is 10.2. The van der Waals surface area contributed by atoms with E-state index >= 15 is 0 Å². The lowest BCUT2D eigenvalue weighted by molar-refractivity contribution is -0.120. The van der Waals surface area contributed by atoms with Gasteiger partial charge in [0.1, 0.15) is 0 Å². The van der Waals surface area contributed by atoms with Crippen LogP contribution in [0.1, 0.15) is 52.0 Å². The Balaban J connectivity index is 1.85. The minimum Gasteiger partial charge on any atom is -0.368 e. The highest BCUT2D eigenvalue weighted by Gasteiger charge is 2.22. The molecule has 1 aliphatic carbocycles. The lowest BCUT2D eigenvalue weighted by Crippen LogP contribution is -2.44. The van der Waals surface area contributed by atoms with Gasteiger partial charge in [0.05, 0.1) is 12.1 Å². The molecule has 1 aromatic heterocycles. The van der Waals surface area contributed by atoms with Crippen LogP contribution < -0.4 is 11.1 Å². The first-order valence-electron chi connectivity index (χ1n) is 7.54. The summed E-state index contributed by atoms with van der Waals surface area (Å²) >= 11 is 1.59. The molecule has 0 aromatic carbocycles. The van der Waals surface area contributed by atoms with Crippen LogP contribution in [0.3, 0.4) is 0 Å². The Bertz CT molecular complexity index is 457. The molecule has 1 atom stereocenters. The third-order valence-electron chi connectivity index (χ3n) is 3.65. The van der Waals surface area contributed by atoms with Crippen molar-refractivity contribution in [3.05, 3.63) is 0 Å². The Morgan fingerprint density at radius 2 is 2.19 bits per heavy atom. The maximum absolute atomic E-state index is 11.4. The molecule has 1 fully saturated rings. The van der Waals surface area contributed by atoms with Gasteiger partial charge in [0.15, 0.2) is 0 Å². The molecule has 1 heterocycles. The third kappa shape index (κ3) is 4.67. The van der Waals surface area contributed by atoms with Crippen LogP contribution in [-0.4, -0.2) is 44.0 Å². The van der Waals surface area contributed by atoms with E-state index in [1.807, 2.05) is 18.5 Å². The van der Waals surface area contributed by atoms with Gasteiger partial charge in [-0.05, 0) is 29.7 Å². The summed E-state index contributed by atoms with van der Waals surface area (Å²) in [6.07, 6.45) is 5.47. The topological polar surface area (TPSA) is 98.7 Å². The van der Waals surface area contributed by atoms with E-state index in [0.717, 1.165) is 23.8 Å². The molecule has 7 nitrogen and oxygen atoms in total.